The Morgan fingerprint density at radius 2 is 2.00 bits per heavy atom. The predicted molar refractivity (Wildman–Crippen MR) is 100.0 cm³/mol. The Morgan fingerprint density at radius 3 is 2.64 bits per heavy atom. The van der Waals surface area contributed by atoms with Gasteiger partial charge in [-0.25, -0.2) is 0 Å². The summed E-state index contributed by atoms with van der Waals surface area (Å²) in [7, 11) is 1.32. The fourth-order valence-corrected chi connectivity index (χ4v) is 2.75. The van der Waals surface area contributed by atoms with Crippen molar-refractivity contribution in [2.24, 2.45) is 0 Å². The number of carbonyl (C=O) groups is 3. The largest absolute Gasteiger partial charge is 0.469 e. The van der Waals surface area contributed by atoms with Crippen LogP contribution in [0.25, 0.3) is 0 Å². The summed E-state index contributed by atoms with van der Waals surface area (Å²) in [5.41, 5.74) is 0.330. The molecule has 1 rings (SSSR count). The van der Waals surface area contributed by atoms with E-state index in [-0.39, 0.29) is 24.2 Å². The minimum absolute atomic E-state index is 0.234. The zero-order valence-electron chi connectivity index (χ0n) is 14.3. The monoisotopic (exact) mass is 386 g/mol. The molecule has 0 saturated heterocycles. The summed E-state index contributed by atoms with van der Waals surface area (Å²) >= 11 is 7.61. The van der Waals surface area contributed by atoms with Gasteiger partial charge in [-0.1, -0.05) is 23.7 Å². The number of amides is 2. The molecule has 2 amide bonds. The maximum Gasteiger partial charge on any atom is 0.305 e. The maximum atomic E-state index is 12.4. The smallest absolute Gasteiger partial charge is 0.305 e. The van der Waals surface area contributed by atoms with Crippen LogP contribution < -0.4 is 10.6 Å². The number of esters is 1. The second-order valence-corrected chi connectivity index (χ2v) is 6.65. The molecular formula is C17H23ClN2O4S. The Bertz CT molecular complexity index is 598. The van der Waals surface area contributed by atoms with Gasteiger partial charge in [-0.2, -0.15) is 11.8 Å². The number of halogens is 1. The van der Waals surface area contributed by atoms with Crippen molar-refractivity contribution in [3.05, 3.63) is 34.9 Å². The molecule has 0 fully saturated rings. The van der Waals surface area contributed by atoms with E-state index in [1.165, 1.54) is 7.11 Å². The van der Waals surface area contributed by atoms with E-state index in [1.54, 1.807) is 36.0 Å². The van der Waals surface area contributed by atoms with Crippen LogP contribution >= 0.6 is 23.4 Å². The molecule has 1 unspecified atom stereocenters. The molecule has 0 aliphatic carbocycles. The Kier molecular flexibility index (Phi) is 10.0. The minimum Gasteiger partial charge on any atom is -0.469 e. The van der Waals surface area contributed by atoms with Crippen molar-refractivity contribution >= 4 is 41.1 Å². The van der Waals surface area contributed by atoms with Crippen molar-refractivity contribution in [1.29, 1.82) is 0 Å². The predicted octanol–water partition coefficient (Wildman–Crippen LogP) is 2.26. The molecule has 1 aromatic rings. The summed E-state index contributed by atoms with van der Waals surface area (Å²) in [6.45, 7) is 0.339. The molecule has 8 heteroatoms. The van der Waals surface area contributed by atoms with E-state index < -0.39 is 6.04 Å². The Labute approximate surface area is 157 Å². The molecule has 0 aliphatic rings. The van der Waals surface area contributed by atoms with Gasteiger partial charge in [0.2, 0.25) is 5.91 Å². The van der Waals surface area contributed by atoms with Crippen molar-refractivity contribution in [3.8, 4) is 0 Å². The molecule has 0 spiro atoms. The van der Waals surface area contributed by atoms with Crippen LogP contribution in [0.1, 0.15) is 29.6 Å². The van der Waals surface area contributed by atoms with Crippen LogP contribution in [0.5, 0.6) is 0 Å². The summed E-state index contributed by atoms with van der Waals surface area (Å²) in [4.78, 5) is 35.7. The number of rotatable bonds is 10. The summed E-state index contributed by atoms with van der Waals surface area (Å²) in [5, 5.41) is 5.80. The number of nitrogens with one attached hydrogen (secondary N) is 2. The zero-order chi connectivity index (χ0) is 18.7. The van der Waals surface area contributed by atoms with Crippen LogP contribution in [0.4, 0.5) is 0 Å². The Balaban J connectivity index is 2.60. The van der Waals surface area contributed by atoms with E-state index in [0.717, 1.165) is 5.75 Å². The average Bonchev–Trinajstić information content (AvgIpc) is 2.61. The molecule has 25 heavy (non-hydrogen) atoms. The third kappa shape index (κ3) is 7.79. The molecule has 6 nitrogen and oxygen atoms in total. The Hall–Kier alpha value is -1.73. The van der Waals surface area contributed by atoms with Gasteiger partial charge in [0.1, 0.15) is 6.04 Å². The Morgan fingerprint density at radius 1 is 1.28 bits per heavy atom. The summed E-state index contributed by atoms with van der Waals surface area (Å²) in [6, 6.07) is 6.02. The lowest BCUT2D eigenvalue weighted by Gasteiger charge is -2.18. The summed E-state index contributed by atoms with van der Waals surface area (Å²) in [6.07, 6.45) is 3.14. The van der Waals surface area contributed by atoms with E-state index in [0.29, 0.717) is 30.0 Å². The van der Waals surface area contributed by atoms with Crippen LogP contribution in [0.15, 0.2) is 24.3 Å². The van der Waals surface area contributed by atoms with E-state index in [4.69, 9.17) is 11.6 Å². The number of benzene rings is 1. The van der Waals surface area contributed by atoms with Crippen molar-refractivity contribution in [2.45, 2.75) is 25.3 Å². The summed E-state index contributed by atoms with van der Waals surface area (Å²) in [5.74, 6) is -0.260. The van der Waals surface area contributed by atoms with Crippen molar-refractivity contribution in [2.75, 3.05) is 25.7 Å². The highest BCUT2D eigenvalue weighted by Gasteiger charge is 2.21. The standard InChI is InChI=1S/C17H23ClN2O4S/c1-24-15(21)8-5-10-19-17(23)14(9-11-25-2)20-16(22)12-6-3-4-7-13(12)18/h3-4,6-7,14H,5,8-11H2,1-2H3,(H,19,23)(H,20,22). The fraction of sp³-hybridized carbons (Fsp3) is 0.471. The van der Waals surface area contributed by atoms with Crippen LogP contribution in [-0.4, -0.2) is 49.5 Å². The third-order valence-electron chi connectivity index (χ3n) is 3.44. The van der Waals surface area contributed by atoms with Gasteiger partial charge in [-0.05, 0) is 37.0 Å². The SMILES string of the molecule is COC(=O)CCCNC(=O)C(CCSC)NC(=O)c1ccccc1Cl. The van der Waals surface area contributed by atoms with Gasteiger partial charge in [0.05, 0.1) is 17.7 Å². The van der Waals surface area contributed by atoms with E-state index in [1.807, 2.05) is 6.26 Å². The number of thioether (sulfide) groups is 1. The lowest BCUT2D eigenvalue weighted by atomic mass is 10.1. The highest BCUT2D eigenvalue weighted by molar-refractivity contribution is 7.98. The molecule has 1 aromatic carbocycles. The molecule has 0 saturated carbocycles. The lowest BCUT2D eigenvalue weighted by molar-refractivity contribution is -0.140. The first-order valence-electron chi connectivity index (χ1n) is 7.88. The molecule has 0 aromatic heterocycles. The van der Waals surface area contributed by atoms with E-state index in [2.05, 4.69) is 15.4 Å². The van der Waals surface area contributed by atoms with Crippen LogP contribution in [-0.2, 0) is 14.3 Å². The summed E-state index contributed by atoms with van der Waals surface area (Å²) < 4.78 is 4.55. The van der Waals surface area contributed by atoms with Crippen LogP contribution in [0, 0.1) is 0 Å². The van der Waals surface area contributed by atoms with Gasteiger partial charge in [-0.3, -0.25) is 14.4 Å². The number of methoxy groups -OCH3 is 1. The van der Waals surface area contributed by atoms with Gasteiger partial charge >= 0.3 is 5.97 Å². The topological polar surface area (TPSA) is 84.5 Å². The number of hydrogen-bond acceptors (Lipinski definition) is 5. The molecule has 0 bridgehead atoms. The first-order valence-corrected chi connectivity index (χ1v) is 9.65. The first-order chi connectivity index (χ1) is 12.0. The molecule has 0 heterocycles. The molecule has 0 radical (unpaired) electrons. The minimum atomic E-state index is -0.658. The van der Waals surface area contributed by atoms with Gasteiger partial charge in [0.25, 0.3) is 5.91 Å². The second kappa shape index (κ2) is 11.8. The second-order valence-electron chi connectivity index (χ2n) is 5.26. The van der Waals surface area contributed by atoms with Gasteiger partial charge in [0.15, 0.2) is 0 Å². The average molecular weight is 387 g/mol. The number of hydrogen-bond donors (Lipinski definition) is 2. The molecule has 1 atom stereocenters. The molecule has 138 valence electrons. The van der Waals surface area contributed by atoms with Gasteiger partial charge in [0, 0.05) is 13.0 Å². The lowest BCUT2D eigenvalue weighted by Crippen LogP contribution is -2.47. The maximum absolute atomic E-state index is 12.4. The highest BCUT2D eigenvalue weighted by atomic mass is 35.5. The zero-order valence-corrected chi connectivity index (χ0v) is 15.9. The quantitative estimate of drug-likeness (QED) is 0.476. The van der Waals surface area contributed by atoms with Crippen LogP contribution in [0.2, 0.25) is 5.02 Å². The van der Waals surface area contributed by atoms with Crippen molar-refractivity contribution in [3.63, 3.8) is 0 Å². The van der Waals surface area contributed by atoms with Crippen molar-refractivity contribution < 1.29 is 19.1 Å². The molecular weight excluding hydrogens is 364 g/mol. The van der Waals surface area contributed by atoms with Gasteiger partial charge in [-0.15, -0.1) is 0 Å². The van der Waals surface area contributed by atoms with Crippen molar-refractivity contribution in [1.82, 2.24) is 10.6 Å². The number of ether oxygens (including phenoxy) is 1. The van der Waals surface area contributed by atoms with Crippen LogP contribution in [0.3, 0.4) is 0 Å². The van der Waals surface area contributed by atoms with E-state index >= 15 is 0 Å². The third-order valence-corrected chi connectivity index (χ3v) is 4.41. The number of carbonyl (C=O) groups excluding carboxylic acids is 3. The molecule has 2 N–H and O–H groups in total. The van der Waals surface area contributed by atoms with Gasteiger partial charge < -0.3 is 15.4 Å². The van der Waals surface area contributed by atoms with E-state index in [9.17, 15) is 14.4 Å². The highest BCUT2D eigenvalue weighted by Crippen LogP contribution is 2.15. The first kappa shape index (κ1) is 21.3. The molecule has 0 aliphatic heterocycles. The fourth-order valence-electron chi connectivity index (χ4n) is 2.06. The normalized spacial score (nSPS) is 11.5.